The van der Waals surface area contributed by atoms with Gasteiger partial charge in [0.15, 0.2) is 4.34 Å². The van der Waals surface area contributed by atoms with Crippen LogP contribution in [-0.2, 0) is 9.53 Å². The number of rotatable bonds is 6. The molecule has 0 aliphatic heterocycles. The Balaban J connectivity index is 1.74. The summed E-state index contributed by atoms with van der Waals surface area (Å²) in [5.41, 5.74) is 12.2. The largest absolute Gasteiger partial charge is 0.465 e. The van der Waals surface area contributed by atoms with Crippen LogP contribution in [0.2, 0.25) is 0 Å². The number of amides is 1. The first kappa shape index (κ1) is 19.8. The molecule has 0 fully saturated rings. The summed E-state index contributed by atoms with van der Waals surface area (Å²) in [7, 11) is 0. The van der Waals surface area contributed by atoms with Crippen LogP contribution in [0.3, 0.4) is 0 Å². The van der Waals surface area contributed by atoms with Crippen molar-refractivity contribution in [2.75, 3.05) is 29.1 Å². The van der Waals surface area contributed by atoms with Gasteiger partial charge in [-0.25, -0.2) is 4.98 Å². The van der Waals surface area contributed by atoms with Gasteiger partial charge in [0.2, 0.25) is 5.13 Å². The smallest absolute Gasteiger partial charge is 0.316 e. The van der Waals surface area contributed by atoms with E-state index in [0.29, 0.717) is 21.2 Å². The first-order chi connectivity index (χ1) is 13.4. The molecule has 0 saturated heterocycles. The zero-order valence-electron chi connectivity index (χ0n) is 14.4. The Morgan fingerprint density at radius 2 is 2.14 bits per heavy atom. The van der Waals surface area contributed by atoms with Gasteiger partial charge in [0.1, 0.15) is 21.6 Å². The van der Waals surface area contributed by atoms with Crippen LogP contribution in [-0.4, -0.2) is 39.4 Å². The molecule has 0 spiro atoms. The van der Waals surface area contributed by atoms with E-state index in [2.05, 4.69) is 20.5 Å². The molecule has 0 aromatic carbocycles. The molecule has 0 aliphatic carbocycles. The number of hydrogen-bond acceptors (Lipinski definition) is 12. The van der Waals surface area contributed by atoms with E-state index in [1.54, 1.807) is 6.92 Å². The van der Waals surface area contributed by atoms with Crippen molar-refractivity contribution in [1.82, 2.24) is 15.2 Å². The number of nitrogen functional groups attached to an aromatic ring is 2. The van der Waals surface area contributed by atoms with Gasteiger partial charge in [-0.1, -0.05) is 23.1 Å². The van der Waals surface area contributed by atoms with Crippen LogP contribution in [0.15, 0.2) is 10.4 Å². The number of hydrogen-bond donors (Lipinski definition) is 3. The predicted molar refractivity (Wildman–Crippen MR) is 108 cm³/mol. The first-order valence-corrected chi connectivity index (χ1v) is 10.4. The summed E-state index contributed by atoms with van der Waals surface area (Å²) in [6, 6.07) is 3.44. The minimum Gasteiger partial charge on any atom is -0.465 e. The molecular weight excluding hydrogens is 422 g/mol. The molecule has 0 unspecified atom stereocenters. The standard InChI is InChI=1S/C15H13N7O3S3/c1-2-25-8(23)5-26-15-22-21-14(28-15)20-12(24)10-9(17)7-3-6(4-16)11(18)19-13(7)27-10/h3H,2,5,17H2,1H3,(H2,18,19)(H,20,21,24). The van der Waals surface area contributed by atoms with Crippen LogP contribution < -0.4 is 16.8 Å². The Hall–Kier alpha value is -2.95. The average molecular weight is 436 g/mol. The van der Waals surface area contributed by atoms with E-state index in [-0.39, 0.29) is 38.8 Å². The Morgan fingerprint density at radius 3 is 2.86 bits per heavy atom. The maximum atomic E-state index is 12.6. The van der Waals surface area contributed by atoms with Crippen LogP contribution in [0.1, 0.15) is 22.2 Å². The molecular formula is C15H13N7O3S3. The van der Waals surface area contributed by atoms with Crippen LogP contribution >= 0.6 is 34.4 Å². The van der Waals surface area contributed by atoms with E-state index in [4.69, 9.17) is 21.5 Å². The Labute approximate surface area is 170 Å². The maximum Gasteiger partial charge on any atom is 0.316 e. The third-order valence-electron chi connectivity index (χ3n) is 3.32. The topological polar surface area (TPSA) is 170 Å². The van der Waals surface area contributed by atoms with Gasteiger partial charge < -0.3 is 16.2 Å². The molecule has 0 saturated carbocycles. The molecule has 5 N–H and O–H groups in total. The summed E-state index contributed by atoms with van der Waals surface area (Å²) in [5.74, 6) is -0.644. The summed E-state index contributed by atoms with van der Waals surface area (Å²) in [5, 5.41) is 20.2. The van der Waals surface area contributed by atoms with Gasteiger partial charge in [0, 0.05) is 5.39 Å². The minimum atomic E-state index is -0.476. The molecule has 0 aliphatic rings. The molecule has 144 valence electrons. The van der Waals surface area contributed by atoms with Crippen molar-refractivity contribution in [3.8, 4) is 6.07 Å². The number of carbonyl (C=O) groups is 2. The van der Waals surface area contributed by atoms with Gasteiger partial charge in [-0.15, -0.1) is 21.5 Å². The fourth-order valence-corrected chi connectivity index (χ4v) is 4.63. The van der Waals surface area contributed by atoms with Gasteiger partial charge in [0.05, 0.1) is 23.6 Å². The fourth-order valence-electron chi connectivity index (χ4n) is 2.11. The van der Waals surface area contributed by atoms with E-state index in [9.17, 15) is 9.59 Å². The number of nitrogens with two attached hydrogens (primary N) is 2. The van der Waals surface area contributed by atoms with Gasteiger partial charge >= 0.3 is 5.97 Å². The SMILES string of the molecule is CCOC(=O)CSc1nnc(NC(=O)c2sc3nc(N)c(C#N)cc3c2N)s1. The molecule has 3 rings (SSSR count). The molecule has 0 atom stereocenters. The summed E-state index contributed by atoms with van der Waals surface area (Å²) < 4.78 is 5.35. The van der Waals surface area contributed by atoms with Crippen LogP contribution in [0.25, 0.3) is 10.2 Å². The summed E-state index contributed by atoms with van der Waals surface area (Å²) in [6.45, 7) is 2.04. The maximum absolute atomic E-state index is 12.6. The number of thioether (sulfide) groups is 1. The highest BCUT2D eigenvalue weighted by Gasteiger charge is 2.20. The lowest BCUT2D eigenvalue weighted by Crippen LogP contribution is -2.11. The van der Waals surface area contributed by atoms with Crippen LogP contribution in [0.5, 0.6) is 0 Å². The third-order valence-corrected chi connectivity index (χ3v) is 6.38. The number of carbonyl (C=O) groups excluding carboxylic acids is 2. The highest BCUT2D eigenvalue weighted by Crippen LogP contribution is 2.35. The van der Waals surface area contributed by atoms with Crippen molar-refractivity contribution in [3.63, 3.8) is 0 Å². The van der Waals surface area contributed by atoms with Crippen LogP contribution in [0, 0.1) is 11.3 Å². The van der Waals surface area contributed by atoms with E-state index in [1.807, 2.05) is 6.07 Å². The molecule has 1 amide bonds. The molecule has 0 bridgehead atoms. The zero-order valence-corrected chi connectivity index (χ0v) is 16.8. The lowest BCUT2D eigenvalue weighted by Gasteiger charge is -1.99. The third kappa shape index (κ3) is 4.14. The highest BCUT2D eigenvalue weighted by molar-refractivity contribution is 8.01. The number of pyridine rings is 1. The summed E-state index contributed by atoms with van der Waals surface area (Å²) in [6.07, 6.45) is 0. The average Bonchev–Trinajstić information content (AvgIpc) is 3.24. The number of ether oxygens (including phenoxy) is 1. The van der Waals surface area contributed by atoms with Crippen molar-refractivity contribution in [3.05, 3.63) is 16.5 Å². The number of nitriles is 1. The fraction of sp³-hybridized carbons (Fsp3) is 0.200. The summed E-state index contributed by atoms with van der Waals surface area (Å²) >= 11 is 3.35. The minimum absolute atomic E-state index is 0.0793. The van der Waals surface area contributed by atoms with E-state index in [0.717, 1.165) is 22.7 Å². The zero-order chi connectivity index (χ0) is 20.3. The Bertz CT molecular complexity index is 1100. The van der Waals surface area contributed by atoms with Crippen molar-refractivity contribution >= 4 is 73.2 Å². The van der Waals surface area contributed by atoms with Crippen molar-refractivity contribution in [1.29, 1.82) is 5.26 Å². The number of esters is 1. The second-order valence-electron chi connectivity index (χ2n) is 5.15. The second-order valence-corrected chi connectivity index (χ2v) is 8.35. The lowest BCUT2D eigenvalue weighted by atomic mass is 10.2. The van der Waals surface area contributed by atoms with E-state index in [1.165, 1.54) is 17.8 Å². The van der Waals surface area contributed by atoms with Gasteiger partial charge in [-0.2, -0.15) is 5.26 Å². The lowest BCUT2D eigenvalue weighted by molar-refractivity contribution is -0.139. The van der Waals surface area contributed by atoms with Crippen molar-refractivity contribution < 1.29 is 14.3 Å². The monoisotopic (exact) mass is 435 g/mol. The number of aromatic nitrogens is 3. The van der Waals surface area contributed by atoms with Gasteiger partial charge in [0.25, 0.3) is 5.91 Å². The molecule has 28 heavy (non-hydrogen) atoms. The molecule has 3 heterocycles. The predicted octanol–water partition coefficient (Wildman–Crippen LogP) is 2.09. The van der Waals surface area contributed by atoms with Crippen LogP contribution in [0.4, 0.5) is 16.6 Å². The molecule has 3 aromatic rings. The number of nitrogens with one attached hydrogen (secondary N) is 1. The molecule has 0 radical (unpaired) electrons. The Kier molecular flexibility index (Phi) is 5.93. The number of nitrogens with zero attached hydrogens (tertiary/aromatic N) is 4. The van der Waals surface area contributed by atoms with E-state index < -0.39 is 5.91 Å². The Morgan fingerprint density at radius 1 is 1.36 bits per heavy atom. The number of thiophene rings is 1. The quantitative estimate of drug-likeness (QED) is 0.296. The molecule has 10 nitrogen and oxygen atoms in total. The van der Waals surface area contributed by atoms with Crippen molar-refractivity contribution in [2.24, 2.45) is 0 Å². The molecule has 3 aromatic heterocycles. The van der Waals surface area contributed by atoms with Gasteiger partial charge in [-0.05, 0) is 13.0 Å². The van der Waals surface area contributed by atoms with Gasteiger partial charge in [-0.3, -0.25) is 14.9 Å². The number of fused-ring (bicyclic) bond motifs is 1. The normalized spacial score (nSPS) is 10.6. The number of anilines is 3. The van der Waals surface area contributed by atoms with E-state index >= 15 is 0 Å². The second kappa shape index (κ2) is 8.38. The molecule has 13 heteroatoms. The van der Waals surface area contributed by atoms with Crippen molar-refractivity contribution in [2.45, 2.75) is 11.3 Å². The summed E-state index contributed by atoms with van der Waals surface area (Å²) in [4.78, 5) is 28.7. The first-order valence-electron chi connectivity index (χ1n) is 7.74. The highest BCUT2D eigenvalue weighted by atomic mass is 32.2.